The summed E-state index contributed by atoms with van der Waals surface area (Å²) < 4.78 is 14.7. The van der Waals surface area contributed by atoms with Gasteiger partial charge in [-0.2, -0.15) is 0 Å². The molecule has 0 saturated carbocycles. The number of fused-ring (bicyclic) bond motifs is 9. The van der Waals surface area contributed by atoms with Crippen molar-refractivity contribution in [2.45, 2.75) is 11.8 Å². The molecule has 0 spiro atoms. The summed E-state index contributed by atoms with van der Waals surface area (Å²) in [6.07, 6.45) is 3.24. The molecule has 3 aromatic heterocycles. The lowest BCUT2D eigenvalue weighted by Gasteiger charge is -2.31. The number of nitrogens with zero attached hydrogens (tertiary/aromatic N) is 2. The highest BCUT2D eigenvalue weighted by atomic mass is 32.2. The molecule has 304 valence electrons. The highest BCUT2D eigenvalue weighted by Crippen LogP contribution is 2.55. The van der Waals surface area contributed by atoms with E-state index in [4.69, 9.17) is 8.83 Å². The Labute approximate surface area is 377 Å². The number of thioether (sulfide) groups is 1. The molecule has 12 aromatic rings. The molecule has 0 aliphatic carbocycles. The Balaban J connectivity index is 1.15. The van der Waals surface area contributed by atoms with Gasteiger partial charge >= 0.3 is 0 Å². The van der Waals surface area contributed by atoms with Gasteiger partial charge in [0, 0.05) is 42.7 Å². The van der Waals surface area contributed by atoms with E-state index >= 15 is 0 Å². The van der Waals surface area contributed by atoms with Crippen molar-refractivity contribution in [2.75, 3.05) is 9.80 Å². The lowest BCUT2D eigenvalue weighted by molar-refractivity contribution is 0.664. The zero-order valence-corrected chi connectivity index (χ0v) is 36.2. The fraction of sp³-hybridized carbons (Fsp3) is 0.0345. The van der Waals surface area contributed by atoms with Crippen molar-refractivity contribution in [3.63, 3.8) is 0 Å². The summed E-state index contributed by atoms with van der Waals surface area (Å²) in [5.74, 6) is 0. The lowest BCUT2D eigenvalue weighted by atomic mass is 9.99. The number of thiophene rings is 1. The van der Waals surface area contributed by atoms with Crippen molar-refractivity contribution in [1.82, 2.24) is 0 Å². The Bertz CT molecular complexity index is 3740. The van der Waals surface area contributed by atoms with Crippen LogP contribution in [0.25, 0.3) is 80.8 Å². The Kier molecular flexibility index (Phi) is 8.74. The maximum absolute atomic E-state index is 7.48. The average Bonchev–Trinajstić information content (AvgIpc) is 4.19. The van der Waals surface area contributed by atoms with Gasteiger partial charge in [-0.1, -0.05) is 158 Å². The summed E-state index contributed by atoms with van der Waals surface area (Å²) in [6.45, 7) is 0. The normalized spacial score (nSPS) is 14.1. The second-order valence-electron chi connectivity index (χ2n) is 16.3. The van der Waals surface area contributed by atoms with Crippen molar-refractivity contribution in [3.8, 4) is 10.4 Å². The fourth-order valence-electron chi connectivity index (χ4n) is 9.71. The van der Waals surface area contributed by atoms with Gasteiger partial charge in [0.05, 0.1) is 27.5 Å². The summed E-state index contributed by atoms with van der Waals surface area (Å²) in [5, 5.41) is 9.77. The van der Waals surface area contributed by atoms with E-state index in [-0.39, 0.29) is 5.37 Å². The Morgan fingerprint density at radius 2 is 1.06 bits per heavy atom. The number of hydrogen-bond donors (Lipinski definition) is 0. The van der Waals surface area contributed by atoms with Gasteiger partial charge in [-0.25, -0.2) is 0 Å². The third-order valence-corrected chi connectivity index (χ3v) is 15.0. The molecule has 6 heteroatoms. The molecule has 1 aliphatic rings. The summed E-state index contributed by atoms with van der Waals surface area (Å²) in [5.41, 5.74) is 10.0. The number of benzene rings is 9. The second kappa shape index (κ2) is 15.1. The van der Waals surface area contributed by atoms with Crippen molar-refractivity contribution in [3.05, 3.63) is 218 Å². The molecule has 0 fully saturated rings. The summed E-state index contributed by atoms with van der Waals surface area (Å²) in [4.78, 5) is 7.44. The van der Waals surface area contributed by atoms with Gasteiger partial charge in [-0.15, -0.1) is 23.1 Å². The van der Waals surface area contributed by atoms with Crippen LogP contribution in [0.3, 0.4) is 0 Å². The summed E-state index contributed by atoms with van der Waals surface area (Å²) in [7, 11) is 0. The molecule has 0 N–H and O–H groups in total. The van der Waals surface area contributed by atoms with Gasteiger partial charge in [0.15, 0.2) is 5.58 Å². The third kappa shape index (κ3) is 5.98. The Hall–Kier alpha value is -7.51. The topological polar surface area (TPSA) is 32.8 Å². The molecule has 0 amide bonds. The molecular weight excluding hydrogens is 821 g/mol. The Morgan fingerprint density at radius 1 is 0.453 bits per heavy atom. The van der Waals surface area contributed by atoms with Gasteiger partial charge in [0.2, 0.25) is 0 Å². The maximum atomic E-state index is 7.48. The van der Waals surface area contributed by atoms with Gasteiger partial charge in [0.25, 0.3) is 0 Å². The SMILES string of the molecule is C1=C(c2ccccc2)SC(N(c2ccccc2)c2c3oc4cc5ccccc5c(N(c5ccccc5)c5ccc(-c6ccccc6)s5)c4c3cc3oc4c5ccccc5ccc4c23)C1. The highest BCUT2D eigenvalue weighted by Gasteiger charge is 2.34. The van der Waals surface area contributed by atoms with Gasteiger partial charge in [-0.05, 0) is 82.9 Å². The van der Waals surface area contributed by atoms with Crippen LogP contribution in [0, 0.1) is 0 Å². The monoisotopic (exact) mass is 858 g/mol. The molecule has 9 aromatic carbocycles. The minimum Gasteiger partial charge on any atom is -0.455 e. The predicted octanol–water partition coefficient (Wildman–Crippen LogP) is 17.6. The number of furan rings is 2. The standard InChI is InChI=1S/C58H38N2O2S2/c1-5-18-38(19-6-1)49-31-33-51(63-49)59(41-23-9-3-10-24-41)55-43-27-15-14-22-40(43)35-47-54(55)46-36-48-53(45-30-29-37-17-13-16-28-44(37)57(45)61-48)56(58(46)62-47)60(42-25-11-4-12-26-42)52-34-32-50(64-52)39-20-7-2-8-21-39/h1-33,35-36,52H,34H2. The molecule has 1 atom stereocenters. The van der Waals surface area contributed by atoms with E-state index < -0.39 is 0 Å². The quantitative estimate of drug-likeness (QED) is 0.152. The van der Waals surface area contributed by atoms with E-state index in [1.807, 2.05) is 11.8 Å². The number of anilines is 5. The van der Waals surface area contributed by atoms with E-state index in [0.717, 1.165) is 99.6 Å². The maximum Gasteiger partial charge on any atom is 0.160 e. The number of hydrogen-bond acceptors (Lipinski definition) is 6. The highest BCUT2D eigenvalue weighted by molar-refractivity contribution is 8.09. The van der Waals surface area contributed by atoms with Crippen LogP contribution in [-0.2, 0) is 0 Å². The minimum atomic E-state index is 0.0342. The van der Waals surface area contributed by atoms with E-state index in [1.54, 1.807) is 11.3 Å². The first-order valence-corrected chi connectivity index (χ1v) is 23.4. The Morgan fingerprint density at radius 3 is 1.83 bits per heavy atom. The van der Waals surface area contributed by atoms with Crippen LogP contribution >= 0.6 is 23.1 Å². The van der Waals surface area contributed by atoms with Crippen molar-refractivity contribution < 1.29 is 8.83 Å². The molecule has 1 aliphatic heterocycles. The summed E-state index contributed by atoms with van der Waals surface area (Å²) >= 11 is 3.71. The van der Waals surface area contributed by atoms with Crippen molar-refractivity contribution in [2.24, 2.45) is 0 Å². The zero-order chi connectivity index (χ0) is 42.1. The first-order valence-electron chi connectivity index (χ1n) is 21.7. The van der Waals surface area contributed by atoms with Crippen LogP contribution in [0.4, 0.5) is 27.8 Å². The van der Waals surface area contributed by atoms with E-state index in [9.17, 15) is 0 Å². The summed E-state index contributed by atoms with van der Waals surface area (Å²) in [6, 6.07) is 73.6. The fourth-order valence-corrected chi connectivity index (χ4v) is 12.0. The minimum absolute atomic E-state index is 0.0342. The van der Waals surface area contributed by atoms with Crippen molar-refractivity contribution in [1.29, 1.82) is 0 Å². The van der Waals surface area contributed by atoms with Crippen LogP contribution in [0.5, 0.6) is 0 Å². The third-order valence-electron chi connectivity index (χ3n) is 12.5. The largest absolute Gasteiger partial charge is 0.455 e. The smallest absolute Gasteiger partial charge is 0.160 e. The zero-order valence-electron chi connectivity index (χ0n) is 34.5. The average molecular weight is 859 g/mol. The first kappa shape index (κ1) is 37.1. The molecule has 13 rings (SSSR count). The van der Waals surface area contributed by atoms with Gasteiger partial charge in [-0.3, -0.25) is 0 Å². The molecule has 4 nitrogen and oxygen atoms in total. The van der Waals surface area contributed by atoms with E-state index in [1.165, 1.54) is 20.9 Å². The van der Waals surface area contributed by atoms with Crippen LogP contribution < -0.4 is 9.80 Å². The predicted molar refractivity (Wildman–Crippen MR) is 273 cm³/mol. The van der Waals surface area contributed by atoms with Crippen LogP contribution in [0.15, 0.2) is 221 Å². The van der Waals surface area contributed by atoms with Crippen LogP contribution in [-0.4, -0.2) is 5.37 Å². The second-order valence-corrected chi connectivity index (χ2v) is 18.6. The first-order chi connectivity index (χ1) is 31.7. The van der Waals surface area contributed by atoms with Crippen LogP contribution in [0.2, 0.25) is 0 Å². The molecule has 0 bridgehead atoms. The van der Waals surface area contributed by atoms with Gasteiger partial charge < -0.3 is 18.6 Å². The molecule has 0 saturated heterocycles. The van der Waals surface area contributed by atoms with E-state index in [0.29, 0.717) is 0 Å². The molecule has 64 heavy (non-hydrogen) atoms. The molecule has 1 unspecified atom stereocenters. The van der Waals surface area contributed by atoms with Gasteiger partial charge in [0.1, 0.15) is 21.8 Å². The van der Waals surface area contributed by atoms with Crippen molar-refractivity contribution >= 4 is 121 Å². The molecular formula is C58H38N2O2S2. The molecule has 0 radical (unpaired) electrons. The van der Waals surface area contributed by atoms with Crippen LogP contribution in [0.1, 0.15) is 12.0 Å². The van der Waals surface area contributed by atoms with E-state index in [2.05, 4.69) is 222 Å². The molecule has 4 heterocycles. The number of para-hydroxylation sites is 2. The lowest BCUT2D eigenvalue weighted by Crippen LogP contribution is -2.26. The number of rotatable bonds is 8.